The molecule has 11 heteroatoms. The molecule has 1 aromatic rings. The molecule has 28 heavy (non-hydrogen) atoms. The second kappa shape index (κ2) is 8.04. The Hall–Kier alpha value is -2.83. The minimum Gasteiger partial charge on any atom is -0.479 e. The van der Waals surface area contributed by atoms with Crippen molar-refractivity contribution in [1.82, 2.24) is 5.43 Å². The summed E-state index contributed by atoms with van der Waals surface area (Å²) in [6.45, 7) is 0. The van der Waals surface area contributed by atoms with Crippen molar-refractivity contribution in [2.45, 2.75) is 36.8 Å². The van der Waals surface area contributed by atoms with E-state index in [2.05, 4.69) is 10.5 Å². The summed E-state index contributed by atoms with van der Waals surface area (Å²) in [5, 5.41) is 43.0. The van der Waals surface area contributed by atoms with Crippen LogP contribution in [0.4, 0.5) is 4.79 Å². The number of hydrogen-bond donors (Lipinski definition) is 6. The molecule has 6 unspecified atom stereocenters. The molecule has 0 aromatic heterocycles. The third kappa shape index (κ3) is 3.88. The van der Waals surface area contributed by atoms with Gasteiger partial charge in [0, 0.05) is 0 Å². The predicted molar refractivity (Wildman–Crippen MR) is 93.8 cm³/mol. The number of benzene rings is 1. The monoisotopic (exact) mass is 393 g/mol. The van der Waals surface area contributed by atoms with Crippen LogP contribution >= 0.6 is 0 Å². The van der Waals surface area contributed by atoms with E-state index in [1.807, 2.05) is 0 Å². The van der Waals surface area contributed by atoms with E-state index in [-0.39, 0.29) is 5.71 Å². The number of hydrazone groups is 1. The quantitative estimate of drug-likeness (QED) is 0.340. The number of nitrogens with zero attached hydrogens (tertiary/aromatic N) is 1. The summed E-state index contributed by atoms with van der Waals surface area (Å²) in [6.07, 6.45) is -6.50. The number of rotatable bonds is 4. The van der Waals surface area contributed by atoms with Gasteiger partial charge < -0.3 is 35.6 Å². The molecule has 2 amide bonds. The number of nitrogens with two attached hydrogens (primary N) is 1. The summed E-state index contributed by atoms with van der Waals surface area (Å²) in [5.41, 5.74) is 8.65. The molecular formula is C17H19N3O8. The number of carbonyl (C=O) groups excluding carboxylic acids is 1. The fraction of sp³-hybridized carbons (Fsp3) is 0.353. The van der Waals surface area contributed by atoms with E-state index in [0.29, 0.717) is 5.56 Å². The number of ether oxygens (including phenoxy) is 2. The molecule has 0 bridgehead atoms. The van der Waals surface area contributed by atoms with Crippen LogP contribution in [0.3, 0.4) is 0 Å². The van der Waals surface area contributed by atoms with Gasteiger partial charge in [0.25, 0.3) is 0 Å². The van der Waals surface area contributed by atoms with Crippen LogP contribution in [-0.2, 0) is 14.3 Å². The van der Waals surface area contributed by atoms with Gasteiger partial charge in [-0.2, -0.15) is 5.10 Å². The van der Waals surface area contributed by atoms with E-state index in [4.69, 9.17) is 20.3 Å². The number of nitrogens with one attached hydrogen (secondary N) is 1. The molecule has 1 aliphatic carbocycles. The van der Waals surface area contributed by atoms with E-state index in [1.165, 1.54) is 6.08 Å². The van der Waals surface area contributed by atoms with Crippen molar-refractivity contribution in [2.24, 2.45) is 10.8 Å². The van der Waals surface area contributed by atoms with Crippen molar-refractivity contribution in [3.63, 3.8) is 0 Å². The molecule has 1 heterocycles. The van der Waals surface area contributed by atoms with Crippen LogP contribution < -0.4 is 11.2 Å². The molecule has 6 atom stereocenters. The number of primary amides is 1. The van der Waals surface area contributed by atoms with Crippen molar-refractivity contribution >= 4 is 23.8 Å². The number of carbonyl (C=O) groups is 2. The summed E-state index contributed by atoms with van der Waals surface area (Å²) in [6, 6.07) is 6.10. The first-order valence-electron chi connectivity index (χ1n) is 8.27. The lowest BCUT2D eigenvalue weighted by atomic mass is 9.93. The van der Waals surface area contributed by atoms with E-state index in [9.17, 15) is 24.9 Å². The molecule has 3 rings (SSSR count). The highest BCUT2D eigenvalue weighted by molar-refractivity contribution is 6.05. The Bertz CT molecular complexity index is 826. The Balaban J connectivity index is 1.92. The molecular weight excluding hydrogens is 374 g/mol. The highest BCUT2D eigenvalue weighted by Gasteiger charge is 2.48. The van der Waals surface area contributed by atoms with Crippen LogP contribution in [0.2, 0.25) is 0 Å². The SMILES string of the molecule is NC(=O)NN=C1C=Cc2ccccc2C1OC1OC(C(=O)O)C(O)C(O)C1O. The van der Waals surface area contributed by atoms with Crippen LogP contribution in [0.15, 0.2) is 35.4 Å². The third-order valence-electron chi connectivity index (χ3n) is 4.36. The highest BCUT2D eigenvalue weighted by atomic mass is 16.7. The van der Waals surface area contributed by atoms with Crippen molar-refractivity contribution in [3.8, 4) is 0 Å². The number of aliphatic carboxylic acids is 1. The maximum absolute atomic E-state index is 11.3. The number of aliphatic hydroxyl groups is 3. The summed E-state index contributed by atoms with van der Waals surface area (Å²) in [5.74, 6) is -1.53. The Kier molecular flexibility index (Phi) is 5.72. The molecule has 0 radical (unpaired) electrons. The van der Waals surface area contributed by atoms with E-state index in [1.54, 1.807) is 30.3 Å². The van der Waals surface area contributed by atoms with E-state index in [0.717, 1.165) is 5.56 Å². The Labute approximate surface area is 158 Å². The zero-order chi connectivity index (χ0) is 20.4. The first kappa shape index (κ1) is 19.9. The number of carboxylic acid groups (broad SMARTS) is 1. The van der Waals surface area contributed by atoms with E-state index >= 15 is 0 Å². The highest BCUT2D eigenvalue weighted by Crippen LogP contribution is 2.33. The molecule has 1 fully saturated rings. The fourth-order valence-corrected chi connectivity index (χ4v) is 2.98. The van der Waals surface area contributed by atoms with Crippen molar-refractivity contribution in [2.75, 3.05) is 0 Å². The predicted octanol–water partition coefficient (Wildman–Crippen LogP) is -1.31. The average Bonchev–Trinajstić information content (AvgIpc) is 2.67. The van der Waals surface area contributed by atoms with Gasteiger partial charge in [-0.25, -0.2) is 15.0 Å². The average molecular weight is 393 g/mol. The van der Waals surface area contributed by atoms with Gasteiger partial charge in [-0.1, -0.05) is 30.3 Å². The summed E-state index contributed by atoms with van der Waals surface area (Å²) < 4.78 is 10.9. The Morgan fingerprint density at radius 1 is 1.11 bits per heavy atom. The van der Waals surface area contributed by atoms with Crippen LogP contribution in [0.1, 0.15) is 17.2 Å². The van der Waals surface area contributed by atoms with Gasteiger partial charge in [0.1, 0.15) is 24.4 Å². The molecule has 1 aromatic carbocycles. The molecule has 2 aliphatic rings. The molecule has 0 saturated carbocycles. The molecule has 0 spiro atoms. The van der Waals surface area contributed by atoms with E-state index < -0.39 is 48.8 Å². The largest absolute Gasteiger partial charge is 0.479 e. The lowest BCUT2D eigenvalue weighted by Gasteiger charge is -2.40. The number of aliphatic hydroxyl groups excluding tert-OH is 3. The van der Waals surface area contributed by atoms with Crippen LogP contribution in [0.5, 0.6) is 0 Å². The smallest absolute Gasteiger partial charge is 0.335 e. The zero-order valence-corrected chi connectivity index (χ0v) is 14.4. The second-order valence-corrected chi connectivity index (χ2v) is 6.23. The van der Waals surface area contributed by atoms with Gasteiger partial charge in [0.15, 0.2) is 12.4 Å². The maximum atomic E-state index is 11.3. The Morgan fingerprint density at radius 3 is 2.50 bits per heavy atom. The first-order valence-corrected chi connectivity index (χ1v) is 8.27. The normalized spacial score (nSPS) is 33.3. The summed E-state index contributed by atoms with van der Waals surface area (Å²) in [7, 11) is 0. The molecule has 150 valence electrons. The summed E-state index contributed by atoms with van der Waals surface area (Å²) >= 11 is 0. The van der Waals surface area contributed by atoms with Crippen LogP contribution in [0.25, 0.3) is 6.08 Å². The lowest BCUT2D eigenvalue weighted by Crippen LogP contribution is -2.60. The molecule has 7 N–H and O–H groups in total. The number of urea groups is 1. The van der Waals surface area contributed by atoms with Crippen LogP contribution in [0, 0.1) is 0 Å². The van der Waals surface area contributed by atoms with Gasteiger partial charge in [0.2, 0.25) is 0 Å². The van der Waals surface area contributed by atoms with Crippen molar-refractivity contribution in [1.29, 1.82) is 0 Å². The third-order valence-corrected chi connectivity index (χ3v) is 4.36. The van der Waals surface area contributed by atoms with Gasteiger partial charge in [0.05, 0.1) is 5.71 Å². The van der Waals surface area contributed by atoms with Gasteiger partial charge in [-0.05, 0) is 17.2 Å². The molecule has 1 aliphatic heterocycles. The Morgan fingerprint density at radius 2 is 1.82 bits per heavy atom. The molecule has 11 nitrogen and oxygen atoms in total. The number of fused-ring (bicyclic) bond motifs is 1. The van der Waals surface area contributed by atoms with Gasteiger partial charge >= 0.3 is 12.0 Å². The van der Waals surface area contributed by atoms with Crippen molar-refractivity contribution in [3.05, 3.63) is 41.5 Å². The minimum absolute atomic E-state index is 0.195. The number of amides is 2. The van der Waals surface area contributed by atoms with Crippen LogP contribution in [-0.4, -0.2) is 68.8 Å². The van der Waals surface area contributed by atoms with Gasteiger partial charge in [-0.15, -0.1) is 0 Å². The topological polar surface area (TPSA) is 184 Å². The maximum Gasteiger partial charge on any atom is 0.335 e. The number of hydrogen-bond acceptors (Lipinski definition) is 8. The molecule has 1 saturated heterocycles. The number of carboxylic acids is 1. The minimum atomic E-state index is -1.84. The van der Waals surface area contributed by atoms with Gasteiger partial charge in [-0.3, -0.25) is 0 Å². The fourth-order valence-electron chi connectivity index (χ4n) is 2.98. The van der Waals surface area contributed by atoms with Crippen molar-refractivity contribution < 1.29 is 39.5 Å². The first-order chi connectivity index (χ1) is 13.3. The lowest BCUT2D eigenvalue weighted by molar-refractivity contribution is -0.299. The summed E-state index contributed by atoms with van der Waals surface area (Å²) in [4.78, 5) is 22.2. The standard InChI is InChI=1S/C17H19N3O8/c18-17(26)20-19-9-6-5-7-3-1-2-4-8(7)13(9)27-16-12(23)10(21)11(22)14(28-16)15(24)25/h1-6,10-14,16,21-23H,(H,24,25)(H3,18,20,26). The second-order valence-electron chi connectivity index (χ2n) is 6.23. The zero-order valence-electron chi connectivity index (χ0n) is 14.4.